The summed E-state index contributed by atoms with van der Waals surface area (Å²) in [6, 6.07) is 26.9. The van der Waals surface area contributed by atoms with E-state index < -0.39 is 34.3 Å². The van der Waals surface area contributed by atoms with Crippen molar-refractivity contribution in [2.45, 2.75) is 51.6 Å². The molecule has 0 aliphatic rings. The molecule has 47 heavy (non-hydrogen) atoms. The number of hydrogen-bond donors (Lipinski definition) is 1. The lowest BCUT2D eigenvalue weighted by atomic mass is 10.0. The van der Waals surface area contributed by atoms with Crippen molar-refractivity contribution in [3.63, 3.8) is 0 Å². The van der Waals surface area contributed by atoms with Gasteiger partial charge in [-0.1, -0.05) is 74.0 Å². The number of anilines is 1. The van der Waals surface area contributed by atoms with Crippen LogP contribution in [0.4, 0.5) is 10.1 Å². The van der Waals surface area contributed by atoms with Crippen LogP contribution in [0.25, 0.3) is 0 Å². The molecule has 1 N–H and O–H groups in total. The van der Waals surface area contributed by atoms with E-state index in [1.807, 2.05) is 82.3 Å². The quantitative estimate of drug-likeness (QED) is 0.166. The number of sulfonamides is 1. The molecule has 1 atom stereocenters. The van der Waals surface area contributed by atoms with Gasteiger partial charge in [-0.3, -0.25) is 13.9 Å². The average Bonchev–Trinajstić information content (AvgIpc) is 3.05. The van der Waals surface area contributed by atoms with Gasteiger partial charge in [-0.2, -0.15) is 0 Å². The van der Waals surface area contributed by atoms with Crippen molar-refractivity contribution in [3.8, 4) is 5.75 Å². The van der Waals surface area contributed by atoms with Gasteiger partial charge in [0, 0.05) is 19.5 Å². The van der Waals surface area contributed by atoms with Crippen molar-refractivity contribution < 1.29 is 27.1 Å². The summed E-state index contributed by atoms with van der Waals surface area (Å²) in [6.07, 6.45) is 0.218. The molecule has 0 bridgehead atoms. The summed E-state index contributed by atoms with van der Waals surface area (Å²) in [6.45, 7) is 8.04. The topological polar surface area (TPSA) is 96.0 Å². The van der Waals surface area contributed by atoms with E-state index in [4.69, 9.17) is 4.74 Å². The van der Waals surface area contributed by atoms with Crippen LogP contribution in [-0.4, -0.2) is 50.9 Å². The monoisotopic (exact) mass is 659 g/mol. The maximum atomic E-state index is 14.5. The van der Waals surface area contributed by atoms with Gasteiger partial charge < -0.3 is 15.0 Å². The van der Waals surface area contributed by atoms with E-state index >= 15 is 0 Å². The Morgan fingerprint density at radius 2 is 1.53 bits per heavy atom. The number of ether oxygens (including phenoxy) is 1. The highest BCUT2D eigenvalue weighted by molar-refractivity contribution is 7.92. The second kappa shape index (κ2) is 16.2. The Kier molecular flexibility index (Phi) is 12.1. The molecule has 4 rings (SSSR count). The predicted molar refractivity (Wildman–Crippen MR) is 182 cm³/mol. The number of nitrogens with one attached hydrogen (secondary N) is 1. The third-order valence-electron chi connectivity index (χ3n) is 7.51. The van der Waals surface area contributed by atoms with Crippen molar-refractivity contribution in [2.24, 2.45) is 5.92 Å². The average molecular weight is 660 g/mol. The standard InChI is InChI=1S/C37H42FN3O5S/c1-5-46-33-18-16-32(17-19-33)41(47(44,45)34-20-14-31(38)15-21-34)26-36(42)40(25-30-13-9-10-28(4)22-30)35(37(43)39-24-27(2)3)23-29-11-7-6-8-12-29/h6-22,27,35H,5,23-26H2,1-4H3,(H,39,43)/t35-/m0/s1. The minimum Gasteiger partial charge on any atom is -0.494 e. The number of carbonyl (C=O) groups excluding carboxylic acids is 2. The first kappa shape index (κ1) is 35.2. The SMILES string of the molecule is CCOc1ccc(N(CC(=O)N(Cc2cccc(C)c2)[C@@H](Cc2ccccc2)C(=O)NCC(C)C)S(=O)(=O)c2ccc(F)cc2)cc1. The second-order valence-corrected chi connectivity index (χ2v) is 13.6. The molecule has 0 spiro atoms. The van der Waals surface area contributed by atoms with Gasteiger partial charge in [0.1, 0.15) is 24.2 Å². The molecule has 4 aromatic carbocycles. The number of nitrogens with zero attached hydrogens (tertiary/aromatic N) is 2. The zero-order valence-electron chi connectivity index (χ0n) is 27.2. The van der Waals surface area contributed by atoms with Gasteiger partial charge in [0.2, 0.25) is 11.8 Å². The Balaban J connectivity index is 1.80. The van der Waals surface area contributed by atoms with Crippen LogP contribution in [0, 0.1) is 18.7 Å². The molecule has 0 heterocycles. The Morgan fingerprint density at radius 1 is 0.872 bits per heavy atom. The van der Waals surface area contributed by atoms with Crippen molar-refractivity contribution >= 4 is 27.5 Å². The van der Waals surface area contributed by atoms with Crippen molar-refractivity contribution in [3.05, 3.63) is 126 Å². The molecule has 0 unspecified atom stereocenters. The Morgan fingerprint density at radius 3 is 2.15 bits per heavy atom. The van der Waals surface area contributed by atoms with Crippen molar-refractivity contribution in [2.75, 3.05) is 24.0 Å². The van der Waals surface area contributed by atoms with Crippen LogP contribution in [0.5, 0.6) is 5.75 Å². The summed E-state index contributed by atoms with van der Waals surface area (Å²) < 4.78 is 48.6. The molecule has 0 aromatic heterocycles. The van der Waals surface area contributed by atoms with E-state index in [1.54, 1.807) is 24.3 Å². The highest BCUT2D eigenvalue weighted by Crippen LogP contribution is 2.27. The fourth-order valence-corrected chi connectivity index (χ4v) is 6.54. The Labute approximate surface area is 277 Å². The summed E-state index contributed by atoms with van der Waals surface area (Å²) in [7, 11) is -4.35. The maximum Gasteiger partial charge on any atom is 0.264 e. The molecule has 0 saturated heterocycles. The first-order valence-electron chi connectivity index (χ1n) is 15.7. The van der Waals surface area contributed by atoms with Crippen LogP contribution in [0.2, 0.25) is 0 Å². The third-order valence-corrected chi connectivity index (χ3v) is 9.30. The molecule has 4 aromatic rings. The van der Waals surface area contributed by atoms with E-state index in [9.17, 15) is 22.4 Å². The number of amides is 2. The van der Waals surface area contributed by atoms with Gasteiger partial charge >= 0.3 is 0 Å². The molecular weight excluding hydrogens is 617 g/mol. The van der Waals surface area contributed by atoms with Gasteiger partial charge in [0.05, 0.1) is 17.2 Å². The molecular formula is C37H42FN3O5S. The fourth-order valence-electron chi connectivity index (χ4n) is 5.12. The van der Waals surface area contributed by atoms with Crippen LogP contribution in [0.1, 0.15) is 37.5 Å². The number of hydrogen-bond acceptors (Lipinski definition) is 5. The zero-order valence-corrected chi connectivity index (χ0v) is 28.0. The fraction of sp³-hybridized carbons (Fsp3) is 0.297. The van der Waals surface area contributed by atoms with Gasteiger partial charge in [-0.15, -0.1) is 0 Å². The van der Waals surface area contributed by atoms with Crippen LogP contribution in [0.3, 0.4) is 0 Å². The molecule has 0 radical (unpaired) electrons. The number of carbonyl (C=O) groups is 2. The van der Waals surface area contributed by atoms with E-state index in [0.717, 1.165) is 33.1 Å². The first-order chi connectivity index (χ1) is 22.5. The van der Waals surface area contributed by atoms with Gasteiger partial charge in [-0.05, 0) is 79.4 Å². The predicted octanol–water partition coefficient (Wildman–Crippen LogP) is 6.14. The molecule has 8 nitrogen and oxygen atoms in total. The zero-order chi connectivity index (χ0) is 34.0. The first-order valence-corrected chi connectivity index (χ1v) is 17.1. The van der Waals surface area contributed by atoms with Gasteiger partial charge in [0.15, 0.2) is 0 Å². The third kappa shape index (κ3) is 9.65. The van der Waals surface area contributed by atoms with E-state index in [1.165, 1.54) is 17.0 Å². The summed E-state index contributed by atoms with van der Waals surface area (Å²) in [4.78, 5) is 29.7. The van der Waals surface area contributed by atoms with Crippen LogP contribution in [-0.2, 0) is 32.6 Å². The second-order valence-electron chi connectivity index (χ2n) is 11.7. The molecule has 0 aliphatic carbocycles. The highest BCUT2D eigenvalue weighted by Gasteiger charge is 2.34. The van der Waals surface area contributed by atoms with Crippen LogP contribution >= 0.6 is 0 Å². The summed E-state index contributed by atoms with van der Waals surface area (Å²) in [5.74, 6) is -0.793. The Bertz CT molecular complexity index is 1730. The summed E-state index contributed by atoms with van der Waals surface area (Å²) in [5.41, 5.74) is 2.84. The smallest absolute Gasteiger partial charge is 0.264 e. The van der Waals surface area contributed by atoms with E-state index in [-0.39, 0.29) is 35.4 Å². The molecule has 248 valence electrons. The molecule has 0 fully saturated rings. The van der Waals surface area contributed by atoms with Crippen molar-refractivity contribution in [1.29, 1.82) is 0 Å². The Hall–Kier alpha value is -4.70. The van der Waals surface area contributed by atoms with E-state index in [0.29, 0.717) is 18.9 Å². The lowest BCUT2D eigenvalue weighted by molar-refractivity contribution is -0.140. The minimum absolute atomic E-state index is 0.0703. The molecule has 0 aliphatic heterocycles. The van der Waals surface area contributed by atoms with Crippen LogP contribution in [0.15, 0.2) is 108 Å². The number of aryl methyl sites for hydroxylation is 1. The highest BCUT2D eigenvalue weighted by atomic mass is 32.2. The maximum absolute atomic E-state index is 14.5. The molecule has 10 heteroatoms. The number of benzene rings is 4. The molecule has 2 amide bonds. The van der Waals surface area contributed by atoms with E-state index in [2.05, 4.69) is 5.32 Å². The largest absolute Gasteiger partial charge is 0.494 e. The molecule has 0 saturated carbocycles. The van der Waals surface area contributed by atoms with Crippen LogP contribution < -0.4 is 14.4 Å². The summed E-state index contributed by atoms with van der Waals surface area (Å²) in [5, 5.41) is 2.99. The lowest BCUT2D eigenvalue weighted by Gasteiger charge is -2.34. The lowest BCUT2D eigenvalue weighted by Crippen LogP contribution is -2.53. The van der Waals surface area contributed by atoms with Crippen molar-refractivity contribution in [1.82, 2.24) is 10.2 Å². The summed E-state index contributed by atoms with van der Waals surface area (Å²) >= 11 is 0. The van der Waals surface area contributed by atoms with Gasteiger partial charge in [-0.25, -0.2) is 12.8 Å². The number of rotatable bonds is 15. The van der Waals surface area contributed by atoms with Gasteiger partial charge in [0.25, 0.3) is 10.0 Å². The minimum atomic E-state index is -4.35. The number of halogens is 1. The normalized spacial score (nSPS) is 12.0.